The van der Waals surface area contributed by atoms with E-state index in [9.17, 15) is 0 Å². The van der Waals surface area contributed by atoms with E-state index in [1.807, 2.05) is 6.20 Å². The third-order valence-corrected chi connectivity index (χ3v) is 6.22. The lowest BCUT2D eigenvalue weighted by atomic mass is 9.97. The number of piperidine rings is 1. The Morgan fingerprint density at radius 2 is 1.76 bits per heavy atom. The highest BCUT2D eigenvalue weighted by molar-refractivity contribution is 5.85. The molecule has 5 rings (SSSR count). The third kappa shape index (κ3) is 2.73. The molecule has 2 aromatic carbocycles. The zero-order valence-electron chi connectivity index (χ0n) is 14.7. The summed E-state index contributed by atoms with van der Waals surface area (Å²) in [6, 6.07) is 19.8. The first-order valence-corrected chi connectivity index (χ1v) is 9.42. The standard InChI is InChI=1S/C22H25N3/c1-25-20-6-7-21(25)14-19(13-20)24-18-4-2-3-15(12-18)16-5-8-22-17(11-16)9-10-23-22/h2-5,8-12,19-21,23-24H,6-7,13-14H2,1H3/t19-,20+,21-. The van der Waals surface area contributed by atoms with Crippen LogP contribution in [0.5, 0.6) is 0 Å². The fraction of sp³-hybridized carbons (Fsp3) is 0.364. The molecule has 0 saturated carbocycles. The van der Waals surface area contributed by atoms with Gasteiger partial charge in [0.2, 0.25) is 0 Å². The molecule has 3 nitrogen and oxygen atoms in total. The molecule has 0 radical (unpaired) electrons. The molecular weight excluding hydrogens is 306 g/mol. The molecule has 25 heavy (non-hydrogen) atoms. The number of nitrogens with zero attached hydrogens (tertiary/aromatic N) is 1. The van der Waals surface area contributed by atoms with Gasteiger partial charge in [-0.1, -0.05) is 18.2 Å². The predicted molar refractivity (Wildman–Crippen MR) is 105 cm³/mol. The average molecular weight is 331 g/mol. The molecule has 2 aliphatic rings. The van der Waals surface area contributed by atoms with Crippen LogP contribution in [0.15, 0.2) is 54.7 Å². The number of H-pyrrole nitrogens is 1. The number of aromatic amines is 1. The molecule has 0 amide bonds. The van der Waals surface area contributed by atoms with Crippen LogP contribution in [0, 0.1) is 0 Å². The van der Waals surface area contributed by atoms with E-state index in [0.717, 1.165) is 12.1 Å². The van der Waals surface area contributed by atoms with Crippen LogP contribution in [0.1, 0.15) is 25.7 Å². The molecule has 0 unspecified atom stereocenters. The van der Waals surface area contributed by atoms with Gasteiger partial charge in [0.25, 0.3) is 0 Å². The van der Waals surface area contributed by atoms with Crippen molar-refractivity contribution in [2.45, 2.75) is 43.8 Å². The first-order chi connectivity index (χ1) is 12.3. The molecule has 128 valence electrons. The monoisotopic (exact) mass is 331 g/mol. The van der Waals surface area contributed by atoms with Crippen LogP contribution in [-0.4, -0.2) is 35.1 Å². The first-order valence-electron chi connectivity index (χ1n) is 9.42. The smallest absolute Gasteiger partial charge is 0.0454 e. The molecule has 0 aliphatic carbocycles. The van der Waals surface area contributed by atoms with E-state index in [2.05, 4.69) is 70.8 Å². The van der Waals surface area contributed by atoms with Crippen molar-refractivity contribution in [1.82, 2.24) is 9.88 Å². The van der Waals surface area contributed by atoms with E-state index in [1.54, 1.807) is 0 Å². The summed E-state index contributed by atoms with van der Waals surface area (Å²) >= 11 is 0. The van der Waals surface area contributed by atoms with Crippen molar-refractivity contribution < 1.29 is 0 Å². The van der Waals surface area contributed by atoms with Crippen LogP contribution < -0.4 is 5.32 Å². The number of aromatic nitrogens is 1. The van der Waals surface area contributed by atoms with Gasteiger partial charge < -0.3 is 15.2 Å². The predicted octanol–water partition coefficient (Wildman–Crippen LogP) is 4.87. The summed E-state index contributed by atoms with van der Waals surface area (Å²) in [6.45, 7) is 0. The van der Waals surface area contributed by atoms with Crippen molar-refractivity contribution in [2.24, 2.45) is 0 Å². The Labute approximate surface area is 149 Å². The highest BCUT2D eigenvalue weighted by Crippen LogP contribution is 2.36. The second kappa shape index (κ2) is 5.92. The van der Waals surface area contributed by atoms with Crippen molar-refractivity contribution in [3.63, 3.8) is 0 Å². The van der Waals surface area contributed by atoms with Crippen LogP contribution in [0.25, 0.3) is 22.0 Å². The molecule has 2 aliphatic heterocycles. The lowest BCUT2D eigenvalue weighted by Gasteiger charge is -2.37. The van der Waals surface area contributed by atoms with Crippen molar-refractivity contribution in [1.29, 1.82) is 0 Å². The second-order valence-electron chi connectivity index (χ2n) is 7.72. The van der Waals surface area contributed by atoms with Crippen molar-refractivity contribution in [2.75, 3.05) is 12.4 Å². The Kier molecular flexibility index (Phi) is 3.56. The van der Waals surface area contributed by atoms with Gasteiger partial charge in [-0.05, 0) is 79.6 Å². The number of benzene rings is 2. The molecule has 3 heteroatoms. The molecule has 2 fully saturated rings. The Morgan fingerprint density at radius 1 is 0.960 bits per heavy atom. The molecule has 3 aromatic rings. The van der Waals surface area contributed by atoms with Crippen molar-refractivity contribution >= 4 is 16.6 Å². The topological polar surface area (TPSA) is 31.1 Å². The second-order valence-corrected chi connectivity index (χ2v) is 7.72. The van der Waals surface area contributed by atoms with E-state index >= 15 is 0 Å². The summed E-state index contributed by atoms with van der Waals surface area (Å²) in [7, 11) is 2.30. The fourth-order valence-corrected chi connectivity index (χ4v) is 4.79. The summed E-state index contributed by atoms with van der Waals surface area (Å²) in [5.41, 5.74) is 5.00. The maximum atomic E-state index is 3.81. The highest BCUT2D eigenvalue weighted by Gasteiger charge is 2.38. The lowest BCUT2D eigenvalue weighted by Crippen LogP contribution is -2.44. The van der Waals surface area contributed by atoms with E-state index in [4.69, 9.17) is 0 Å². The summed E-state index contributed by atoms with van der Waals surface area (Å²) in [6.07, 6.45) is 7.28. The Hall–Kier alpha value is -2.26. The molecule has 0 spiro atoms. The largest absolute Gasteiger partial charge is 0.382 e. The Morgan fingerprint density at radius 3 is 2.60 bits per heavy atom. The van der Waals surface area contributed by atoms with Gasteiger partial charge in [-0.25, -0.2) is 0 Å². The Balaban J connectivity index is 1.38. The van der Waals surface area contributed by atoms with Gasteiger partial charge in [0.15, 0.2) is 0 Å². The van der Waals surface area contributed by atoms with Crippen LogP contribution in [0.3, 0.4) is 0 Å². The molecule has 3 atom stereocenters. The van der Waals surface area contributed by atoms with Crippen LogP contribution in [0.2, 0.25) is 0 Å². The molecular formula is C22H25N3. The zero-order valence-corrected chi connectivity index (χ0v) is 14.7. The molecule has 3 heterocycles. The number of fused-ring (bicyclic) bond motifs is 3. The zero-order chi connectivity index (χ0) is 16.8. The third-order valence-electron chi connectivity index (χ3n) is 6.22. The van der Waals surface area contributed by atoms with Crippen molar-refractivity contribution in [3.8, 4) is 11.1 Å². The maximum Gasteiger partial charge on any atom is 0.0454 e. The van der Waals surface area contributed by atoms with Gasteiger partial charge >= 0.3 is 0 Å². The molecule has 2 bridgehead atoms. The number of hydrogen-bond acceptors (Lipinski definition) is 2. The Bertz CT molecular complexity index is 883. The highest BCUT2D eigenvalue weighted by atomic mass is 15.2. The van der Waals surface area contributed by atoms with Crippen LogP contribution in [0.4, 0.5) is 5.69 Å². The molecule has 2 saturated heterocycles. The summed E-state index contributed by atoms with van der Waals surface area (Å²) in [5.74, 6) is 0. The number of anilines is 1. The van der Waals surface area contributed by atoms with Crippen molar-refractivity contribution in [3.05, 3.63) is 54.7 Å². The maximum absolute atomic E-state index is 3.81. The van der Waals surface area contributed by atoms with E-state index in [0.29, 0.717) is 6.04 Å². The van der Waals surface area contributed by atoms with Gasteiger partial charge in [-0.2, -0.15) is 0 Å². The van der Waals surface area contributed by atoms with Gasteiger partial charge in [-0.3, -0.25) is 0 Å². The lowest BCUT2D eigenvalue weighted by molar-refractivity contribution is 0.169. The first kappa shape index (κ1) is 15.0. The van der Waals surface area contributed by atoms with Gasteiger partial charge in [0.1, 0.15) is 0 Å². The van der Waals surface area contributed by atoms with E-state index in [1.165, 1.54) is 53.4 Å². The van der Waals surface area contributed by atoms with Gasteiger partial charge in [0.05, 0.1) is 0 Å². The van der Waals surface area contributed by atoms with E-state index < -0.39 is 0 Å². The normalized spacial score (nSPS) is 26.2. The quantitative estimate of drug-likeness (QED) is 0.717. The summed E-state index contributed by atoms with van der Waals surface area (Å²) in [4.78, 5) is 5.86. The average Bonchev–Trinajstić information content (AvgIpc) is 3.16. The summed E-state index contributed by atoms with van der Waals surface area (Å²) < 4.78 is 0. The number of rotatable bonds is 3. The minimum absolute atomic E-state index is 0.608. The number of hydrogen-bond donors (Lipinski definition) is 2. The van der Waals surface area contributed by atoms with E-state index in [-0.39, 0.29) is 0 Å². The SMILES string of the molecule is CN1[C@@H]2CC[C@H]1C[C@@H](Nc1cccc(-c3ccc4[nH]ccc4c3)c1)C2. The summed E-state index contributed by atoms with van der Waals surface area (Å²) in [5, 5.41) is 5.08. The molecule has 2 N–H and O–H groups in total. The van der Waals surface area contributed by atoms with Gasteiger partial charge in [0, 0.05) is 35.5 Å². The fourth-order valence-electron chi connectivity index (χ4n) is 4.79. The minimum atomic E-state index is 0.608. The molecule has 1 aromatic heterocycles. The number of nitrogens with one attached hydrogen (secondary N) is 2. The van der Waals surface area contributed by atoms with Gasteiger partial charge in [-0.15, -0.1) is 0 Å². The minimum Gasteiger partial charge on any atom is -0.382 e. The van der Waals surface area contributed by atoms with Crippen LogP contribution in [-0.2, 0) is 0 Å². The van der Waals surface area contributed by atoms with Crippen LogP contribution >= 0.6 is 0 Å².